The summed E-state index contributed by atoms with van der Waals surface area (Å²) in [4.78, 5) is 35.9. The van der Waals surface area contributed by atoms with E-state index in [4.69, 9.17) is 9.84 Å². The van der Waals surface area contributed by atoms with Crippen molar-refractivity contribution in [3.8, 4) is 0 Å². The molecule has 7 heteroatoms. The van der Waals surface area contributed by atoms with Gasteiger partial charge in [-0.05, 0) is 33.6 Å². The second kappa shape index (κ2) is 5.94. The van der Waals surface area contributed by atoms with Gasteiger partial charge in [0.1, 0.15) is 17.3 Å². The van der Waals surface area contributed by atoms with Gasteiger partial charge in [0.15, 0.2) is 0 Å². The Hall–Kier alpha value is -2.05. The summed E-state index contributed by atoms with van der Waals surface area (Å²) in [5, 5.41) is 10.9. The summed E-state index contributed by atoms with van der Waals surface area (Å²) in [7, 11) is 0. The molecule has 1 aliphatic heterocycles. The number of rotatable bonds is 3. The van der Waals surface area contributed by atoms with Crippen LogP contribution in [0.2, 0.25) is 0 Å². The quantitative estimate of drug-likeness (QED) is 0.757. The maximum Gasteiger partial charge on any atom is 0.410 e. The molecule has 0 aliphatic carbocycles. The fourth-order valence-electron chi connectivity index (χ4n) is 1.86. The van der Waals surface area contributed by atoms with Crippen molar-refractivity contribution in [3.63, 3.8) is 0 Å². The molecule has 1 rings (SSSR count). The van der Waals surface area contributed by atoms with E-state index in [1.807, 2.05) is 0 Å². The Kier molecular flexibility index (Phi) is 4.75. The molecule has 7 nitrogen and oxygen atoms in total. The molecule has 1 heterocycles. The van der Waals surface area contributed by atoms with Crippen LogP contribution in [0.3, 0.4) is 0 Å². The summed E-state index contributed by atoms with van der Waals surface area (Å²) in [6.07, 6.45) is 0.561. The van der Waals surface area contributed by atoms with Gasteiger partial charge in [0.25, 0.3) is 0 Å². The van der Waals surface area contributed by atoms with Crippen molar-refractivity contribution >= 4 is 18.0 Å². The molecule has 0 aromatic heterocycles. The molecule has 0 unspecified atom stereocenters. The zero-order chi connectivity index (χ0) is 15.5. The predicted octanol–water partition coefficient (Wildman–Crippen LogP) is 1.10. The van der Waals surface area contributed by atoms with Gasteiger partial charge in [-0.25, -0.2) is 9.59 Å². The number of nitrogens with zero attached hydrogens (tertiary/aromatic N) is 1. The first-order chi connectivity index (χ1) is 9.11. The maximum atomic E-state index is 12.0. The number of hydrogen-bond donors (Lipinski definition) is 2. The van der Waals surface area contributed by atoms with E-state index in [0.717, 1.165) is 0 Å². The Balaban J connectivity index is 2.69. The van der Waals surface area contributed by atoms with Crippen LogP contribution in [0.15, 0.2) is 12.3 Å². The second-order valence-electron chi connectivity index (χ2n) is 5.60. The summed E-state index contributed by atoms with van der Waals surface area (Å²) in [5.41, 5.74) is -1.06. The first-order valence-electron chi connectivity index (χ1n) is 6.34. The van der Waals surface area contributed by atoms with Crippen LogP contribution in [0.4, 0.5) is 4.79 Å². The zero-order valence-electron chi connectivity index (χ0n) is 11.9. The number of amides is 2. The fraction of sp³-hybridized carbons (Fsp3) is 0.615. The molecular weight excluding hydrogens is 264 g/mol. The number of nitrogens with one attached hydrogen (secondary N) is 1. The Morgan fingerprint density at radius 3 is 2.45 bits per heavy atom. The molecule has 112 valence electrons. The molecule has 2 amide bonds. The monoisotopic (exact) mass is 284 g/mol. The number of carbonyl (C=O) groups excluding carboxylic acids is 2. The minimum atomic E-state index is -1.31. The molecule has 0 aromatic carbocycles. The highest BCUT2D eigenvalue weighted by atomic mass is 16.6. The van der Waals surface area contributed by atoms with Crippen LogP contribution in [-0.4, -0.2) is 46.2 Å². The molecule has 0 radical (unpaired) electrons. The number of carbonyl (C=O) groups is 3. The Labute approximate surface area is 117 Å². The van der Waals surface area contributed by atoms with Crippen LogP contribution >= 0.6 is 0 Å². The minimum Gasteiger partial charge on any atom is -0.477 e. The van der Waals surface area contributed by atoms with Gasteiger partial charge in [-0.15, -0.1) is 0 Å². The van der Waals surface area contributed by atoms with Crippen LogP contribution < -0.4 is 5.32 Å². The number of aliphatic carboxylic acids is 1. The lowest BCUT2D eigenvalue weighted by molar-refractivity contribution is -0.135. The number of hydrogen-bond acceptors (Lipinski definition) is 4. The summed E-state index contributed by atoms with van der Waals surface area (Å²) in [6, 6.07) is -0.721. The van der Waals surface area contributed by atoms with Crippen LogP contribution in [0.25, 0.3) is 0 Å². The summed E-state index contributed by atoms with van der Waals surface area (Å²) < 4.78 is 5.22. The van der Waals surface area contributed by atoms with Crippen LogP contribution in [0.1, 0.15) is 33.6 Å². The first-order valence-corrected chi connectivity index (χ1v) is 6.34. The highest BCUT2D eigenvalue weighted by Crippen LogP contribution is 2.21. The lowest BCUT2D eigenvalue weighted by Crippen LogP contribution is -2.47. The molecule has 1 saturated heterocycles. The summed E-state index contributed by atoms with van der Waals surface area (Å²) in [6.45, 7) is 8.85. The van der Waals surface area contributed by atoms with E-state index in [9.17, 15) is 14.4 Å². The van der Waals surface area contributed by atoms with E-state index in [0.29, 0.717) is 19.4 Å². The van der Waals surface area contributed by atoms with Crippen molar-refractivity contribution in [1.29, 1.82) is 0 Å². The third kappa shape index (κ3) is 4.25. The van der Waals surface area contributed by atoms with Crippen molar-refractivity contribution in [3.05, 3.63) is 12.3 Å². The van der Waals surface area contributed by atoms with Crippen molar-refractivity contribution in [2.24, 2.45) is 0 Å². The summed E-state index contributed by atoms with van der Waals surface area (Å²) in [5.74, 6) is -1.86. The number of carboxylic acid groups (broad SMARTS) is 1. The van der Waals surface area contributed by atoms with E-state index in [1.54, 1.807) is 20.8 Å². The fourth-order valence-corrected chi connectivity index (χ4v) is 1.86. The van der Waals surface area contributed by atoms with Gasteiger partial charge in [0.2, 0.25) is 5.91 Å². The Morgan fingerprint density at radius 2 is 1.95 bits per heavy atom. The van der Waals surface area contributed by atoms with Gasteiger partial charge in [0, 0.05) is 6.54 Å². The number of carboxylic acids is 1. The molecule has 0 saturated carbocycles. The molecule has 0 spiro atoms. The normalized spacial score (nSPS) is 18.6. The molecule has 1 atom stereocenters. The molecule has 0 bridgehead atoms. The predicted molar refractivity (Wildman–Crippen MR) is 70.9 cm³/mol. The summed E-state index contributed by atoms with van der Waals surface area (Å²) >= 11 is 0. The number of ether oxygens (including phenoxy) is 1. The standard InChI is InChI=1S/C13H20N2O5/c1-8(11(17)18)14-10(16)9-6-5-7-15(9)12(19)20-13(2,3)4/h9H,1,5-7H2,2-4H3,(H,14,16)(H,17,18)/t9-/m0/s1. The van der Waals surface area contributed by atoms with E-state index >= 15 is 0 Å². The topological polar surface area (TPSA) is 95.9 Å². The van der Waals surface area contributed by atoms with E-state index in [2.05, 4.69) is 11.9 Å². The van der Waals surface area contributed by atoms with Gasteiger partial charge in [0.05, 0.1) is 0 Å². The van der Waals surface area contributed by atoms with Crippen LogP contribution in [0.5, 0.6) is 0 Å². The van der Waals surface area contributed by atoms with Gasteiger partial charge in [-0.3, -0.25) is 9.69 Å². The Bertz CT molecular complexity index is 439. The minimum absolute atomic E-state index is 0.409. The smallest absolute Gasteiger partial charge is 0.410 e. The third-order valence-electron chi connectivity index (χ3n) is 2.72. The number of likely N-dealkylation sites (tertiary alicyclic amines) is 1. The van der Waals surface area contributed by atoms with Gasteiger partial charge in [-0.2, -0.15) is 0 Å². The van der Waals surface area contributed by atoms with Crippen molar-refractivity contribution in [2.75, 3.05) is 6.54 Å². The van der Waals surface area contributed by atoms with Crippen LogP contribution in [-0.2, 0) is 14.3 Å². The Morgan fingerprint density at radius 1 is 1.35 bits per heavy atom. The van der Waals surface area contributed by atoms with Gasteiger partial charge >= 0.3 is 12.1 Å². The second-order valence-corrected chi connectivity index (χ2v) is 5.60. The maximum absolute atomic E-state index is 12.0. The average Bonchev–Trinajstić information content (AvgIpc) is 2.74. The molecule has 1 fully saturated rings. The van der Waals surface area contributed by atoms with E-state index < -0.39 is 35.3 Å². The zero-order valence-corrected chi connectivity index (χ0v) is 11.9. The van der Waals surface area contributed by atoms with Crippen molar-refractivity contribution in [2.45, 2.75) is 45.3 Å². The first kappa shape index (κ1) is 16.0. The highest BCUT2D eigenvalue weighted by Gasteiger charge is 2.36. The SMILES string of the molecule is C=C(NC(=O)[C@@H]1CCCN1C(=O)OC(C)(C)C)C(=O)O. The van der Waals surface area contributed by atoms with Gasteiger partial charge in [-0.1, -0.05) is 6.58 Å². The lowest BCUT2D eigenvalue weighted by atomic mass is 10.2. The van der Waals surface area contributed by atoms with Crippen molar-refractivity contribution < 1.29 is 24.2 Å². The van der Waals surface area contributed by atoms with E-state index in [1.165, 1.54) is 4.90 Å². The van der Waals surface area contributed by atoms with Crippen LogP contribution in [0, 0.1) is 0 Å². The molecule has 1 aliphatic rings. The molecule has 20 heavy (non-hydrogen) atoms. The van der Waals surface area contributed by atoms with Crippen molar-refractivity contribution in [1.82, 2.24) is 10.2 Å². The van der Waals surface area contributed by atoms with E-state index in [-0.39, 0.29) is 0 Å². The molecule has 2 N–H and O–H groups in total. The highest BCUT2D eigenvalue weighted by molar-refractivity contribution is 5.95. The molecular formula is C13H20N2O5. The average molecular weight is 284 g/mol. The largest absolute Gasteiger partial charge is 0.477 e. The third-order valence-corrected chi connectivity index (χ3v) is 2.72. The molecule has 0 aromatic rings. The van der Waals surface area contributed by atoms with Gasteiger partial charge < -0.3 is 15.2 Å². The lowest BCUT2D eigenvalue weighted by Gasteiger charge is -2.27.